The largest absolute Gasteiger partial charge is 0.462 e. The van der Waals surface area contributed by atoms with Crippen molar-refractivity contribution in [2.45, 2.75) is 111 Å². The van der Waals surface area contributed by atoms with Gasteiger partial charge in [-0.05, 0) is 91.8 Å². The summed E-state index contributed by atoms with van der Waals surface area (Å²) < 4.78 is 5.60. The molecule has 0 bridgehead atoms. The van der Waals surface area contributed by atoms with Crippen LogP contribution in [-0.2, 0) is 9.53 Å². The Morgan fingerprint density at radius 1 is 1.07 bits per heavy atom. The zero-order chi connectivity index (χ0) is 21.5. The summed E-state index contributed by atoms with van der Waals surface area (Å²) >= 11 is 0. The smallest absolute Gasteiger partial charge is 0.302 e. The zero-order valence-corrected chi connectivity index (χ0v) is 20.3. The van der Waals surface area contributed by atoms with Crippen molar-refractivity contribution < 1.29 is 9.53 Å². The van der Waals surface area contributed by atoms with Gasteiger partial charge in [-0.3, -0.25) is 4.79 Å². The molecule has 4 aliphatic carbocycles. The van der Waals surface area contributed by atoms with Gasteiger partial charge in [0, 0.05) is 13.3 Å². The molecule has 0 N–H and O–H groups in total. The lowest BCUT2D eigenvalue weighted by Gasteiger charge is -2.55. The lowest BCUT2D eigenvalue weighted by molar-refractivity contribution is -0.148. The Bertz CT molecular complexity index is 649. The fourth-order valence-electron chi connectivity index (χ4n) is 8.43. The third-order valence-electron chi connectivity index (χ3n) is 9.94. The first-order chi connectivity index (χ1) is 14.3. The topological polar surface area (TPSA) is 26.3 Å². The van der Waals surface area contributed by atoms with Gasteiger partial charge in [0.25, 0.3) is 0 Å². The van der Waals surface area contributed by atoms with Crippen LogP contribution in [0, 0.1) is 46.8 Å². The Balaban J connectivity index is 1.42. The molecular weight excluding hydrogens is 368 g/mol. The number of esters is 1. The van der Waals surface area contributed by atoms with E-state index in [2.05, 4.69) is 33.8 Å². The summed E-state index contributed by atoms with van der Waals surface area (Å²) in [5.74, 6) is 6.39. The Labute approximate surface area is 185 Å². The summed E-state index contributed by atoms with van der Waals surface area (Å²) in [5, 5.41) is 0. The fraction of sp³-hybridized carbons (Fsp3) is 0.893. The highest BCUT2D eigenvalue weighted by Gasteiger charge is 2.54. The molecule has 3 saturated carbocycles. The molecule has 0 heterocycles. The monoisotopic (exact) mass is 414 g/mol. The molecule has 0 aromatic heterocycles. The minimum Gasteiger partial charge on any atom is -0.462 e. The van der Waals surface area contributed by atoms with E-state index in [0.717, 1.165) is 54.3 Å². The van der Waals surface area contributed by atoms with Gasteiger partial charge in [0.15, 0.2) is 0 Å². The maximum Gasteiger partial charge on any atom is 0.302 e. The SMILES string of the molecule is CC(=O)O[C@H]1CC[C@@]2(C)C(=CC[C@H]3[C@@H]4CC[C@H]([C@H](C)CCCC(C)C)[C@H]4CC[C@@H]32)C1. The first-order valence-corrected chi connectivity index (χ1v) is 13.2. The summed E-state index contributed by atoms with van der Waals surface area (Å²) in [5.41, 5.74) is 1.99. The van der Waals surface area contributed by atoms with Crippen LogP contribution in [-0.4, -0.2) is 12.1 Å². The van der Waals surface area contributed by atoms with Crippen molar-refractivity contribution in [3.8, 4) is 0 Å². The Morgan fingerprint density at radius 2 is 1.83 bits per heavy atom. The highest BCUT2D eigenvalue weighted by molar-refractivity contribution is 5.66. The van der Waals surface area contributed by atoms with E-state index >= 15 is 0 Å². The van der Waals surface area contributed by atoms with Crippen LogP contribution in [0.1, 0.15) is 105 Å². The lowest BCUT2D eigenvalue weighted by Crippen LogP contribution is -2.48. The van der Waals surface area contributed by atoms with Gasteiger partial charge in [-0.15, -0.1) is 0 Å². The van der Waals surface area contributed by atoms with E-state index < -0.39 is 0 Å². The summed E-state index contributed by atoms with van der Waals surface area (Å²) in [4.78, 5) is 11.4. The molecule has 0 aromatic rings. The summed E-state index contributed by atoms with van der Waals surface area (Å²) in [7, 11) is 0. The highest BCUT2D eigenvalue weighted by atomic mass is 16.5. The molecular formula is C28H46O2. The second kappa shape index (κ2) is 8.99. The van der Waals surface area contributed by atoms with E-state index in [1.165, 1.54) is 57.8 Å². The maximum absolute atomic E-state index is 11.4. The Kier molecular flexibility index (Phi) is 6.71. The van der Waals surface area contributed by atoms with Crippen molar-refractivity contribution >= 4 is 5.97 Å². The average Bonchev–Trinajstić information content (AvgIpc) is 3.12. The minimum absolute atomic E-state index is 0.113. The number of carbonyl (C=O) groups is 1. The van der Waals surface area contributed by atoms with Crippen LogP contribution < -0.4 is 0 Å². The van der Waals surface area contributed by atoms with Gasteiger partial charge in [0.2, 0.25) is 0 Å². The van der Waals surface area contributed by atoms with E-state index in [9.17, 15) is 4.79 Å². The Morgan fingerprint density at radius 3 is 2.57 bits per heavy atom. The van der Waals surface area contributed by atoms with Gasteiger partial charge >= 0.3 is 5.97 Å². The second-order valence-corrected chi connectivity index (χ2v) is 12.1. The second-order valence-electron chi connectivity index (χ2n) is 12.1. The first-order valence-electron chi connectivity index (χ1n) is 13.2. The van der Waals surface area contributed by atoms with Gasteiger partial charge in [0.05, 0.1) is 0 Å². The molecule has 0 saturated heterocycles. The van der Waals surface area contributed by atoms with Gasteiger partial charge in [-0.25, -0.2) is 0 Å². The minimum atomic E-state index is -0.113. The van der Waals surface area contributed by atoms with E-state index in [4.69, 9.17) is 4.74 Å². The standard InChI is InChI=1S/C28H46O2/c1-18(2)7-6-8-19(3)23-11-12-25-24(23)13-14-27-26(25)10-9-21-17-22(30-20(4)29)15-16-28(21,27)5/h9,18-19,22-27H,6-8,10-17H2,1-5H3/t19-,22+,23-,24-,25-,26+,27+,28+/m1/s1. The highest BCUT2D eigenvalue weighted by Crippen LogP contribution is 2.63. The van der Waals surface area contributed by atoms with Crippen LogP contribution in [0.25, 0.3) is 0 Å². The molecule has 170 valence electrons. The van der Waals surface area contributed by atoms with Gasteiger partial charge in [-0.1, -0.05) is 58.6 Å². The van der Waals surface area contributed by atoms with Crippen LogP contribution in [0.3, 0.4) is 0 Å². The molecule has 0 aliphatic heterocycles. The summed E-state index contributed by atoms with van der Waals surface area (Å²) in [6.07, 6.45) is 17.4. The van der Waals surface area contributed by atoms with Crippen molar-refractivity contribution in [2.24, 2.45) is 46.8 Å². The molecule has 2 nitrogen and oxygen atoms in total. The van der Waals surface area contributed by atoms with E-state index in [-0.39, 0.29) is 12.1 Å². The number of allylic oxidation sites excluding steroid dienone is 1. The molecule has 0 aromatic carbocycles. The normalized spacial score (nSPS) is 41.5. The van der Waals surface area contributed by atoms with E-state index in [0.29, 0.717) is 5.41 Å². The fourth-order valence-corrected chi connectivity index (χ4v) is 8.43. The van der Waals surface area contributed by atoms with Crippen molar-refractivity contribution in [3.63, 3.8) is 0 Å². The van der Waals surface area contributed by atoms with Gasteiger partial charge < -0.3 is 4.74 Å². The van der Waals surface area contributed by atoms with Crippen molar-refractivity contribution in [3.05, 3.63) is 11.6 Å². The van der Waals surface area contributed by atoms with Crippen LogP contribution in [0.5, 0.6) is 0 Å². The molecule has 0 radical (unpaired) electrons. The Hall–Kier alpha value is -0.790. The number of carbonyl (C=O) groups excluding carboxylic acids is 1. The van der Waals surface area contributed by atoms with E-state index in [1.807, 2.05) is 0 Å². The number of rotatable bonds is 6. The van der Waals surface area contributed by atoms with Crippen LogP contribution in [0.2, 0.25) is 0 Å². The molecule has 0 spiro atoms. The van der Waals surface area contributed by atoms with Gasteiger partial charge in [-0.2, -0.15) is 0 Å². The maximum atomic E-state index is 11.4. The average molecular weight is 415 g/mol. The van der Waals surface area contributed by atoms with Crippen LogP contribution >= 0.6 is 0 Å². The molecule has 0 unspecified atom stereocenters. The predicted molar refractivity (Wildman–Crippen MR) is 124 cm³/mol. The predicted octanol–water partition coefficient (Wildman–Crippen LogP) is 7.57. The van der Waals surface area contributed by atoms with E-state index in [1.54, 1.807) is 12.5 Å². The third-order valence-corrected chi connectivity index (χ3v) is 9.94. The van der Waals surface area contributed by atoms with Crippen molar-refractivity contribution in [2.75, 3.05) is 0 Å². The quantitative estimate of drug-likeness (QED) is 0.331. The first kappa shape index (κ1) is 22.4. The zero-order valence-electron chi connectivity index (χ0n) is 20.3. The number of ether oxygens (including phenoxy) is 1. The van der Waals surface area contributed by atoms with Crippen LogP contribution in [0.4, 0.5) is 0 Å². The van der Waals surface area contributed by atoms with Gasteiger partial charge in [0.1, 0.15) is 6.10 Å². The number of hydrogen-bond donors (Lipinski definition) is 0. The van der Waals surface area contributed by atoms with Crippen LogP contribution in [0.15, 0.2) is 11.6 Å². The molecule has 4 rings (SSSR count). The molecule has 2 heteroatoms. The molecule has 0 amide bonds. The van der Waals surface area contributed by atoms with Crippen molar-refractivity contribution in [1.82, 2.24) is 0 Å². The van der Waals surface area contributed by atoms with Crippen molar-refractivity contribution in [1.29, 1.82) is 0 Å². The lowest BCUT2D eigenvalue weighted by atomic mass is 9.50. The summed E-state index contributed by atoms with van der Waals surface area (Å²) in [6.45, 7) is 11.4. The molecule has 30 heavy (non-hydrogen) atoms. The molecule has 8 atom stereocenters. The number of hydrogen-bond acceptors (Lipinski definition) is 2. The third kappa shape index (κ3) is 4.26. The summed E-state index contributed by atoms with van der Waals surface area (Å²) in [6, 6.07) is 0. The molecule has 4 aliphatic rings. The molecule has 3 fully saturated rings. The number of fused-ring (bicyclic) bond motifs is 5.